The van der Waals surface area contributed by atoms with Gasteiger partial charge in [-0.1, -0.05) is 72.9 Å². The van der Waals surface area contributed by atoms with Crippen molar-refractivity contribution < 1.29 is 19.4 Å². The van der Waals surface area contributed by atoms with Crippen molar-refractivity contribution in [3.05, 3.63) is 70.1 Å². The molecule has 150 valence electrons. The molecule has 3 rings (SSSR count). The summed E-state index contributed by atoms with van der Waals surface area (Å²) in [5.74, 6) is -0.747. The van der Waals surface area contributed by atoms with E-state index in [9.17, 15) is 14.7 Å². The molecule has 0 aromatic heterocycles. The normalized spacial score (nSPS) is 16.3. The second-order valence-corrected chi connectivity index (χ2v) is 8.34. The van der Waals surface area contributed by atoms with E-state index < -0.39 is 12.0 Å². The SMILES string of the molecule is CC[C@H](C(=O)O)N1C(=O)/C(=C\c2cccc(OCc3ccc(C)cc3)c2)SC1=S. The van der Waals surface area contributed by atoms with Gasteiger partial charge in [-0.05, 0) is 42.7 Å². The maximum absolute atomic E-state index is 12.7. The number of carboxylic acid groups (broad SMARTS) is 1. The Morgan fingerprint density at radius 2 is 2.00 bits per heavy atom. The first-order chi connectivity index (χ1) is 13.9. The van der Waals surface area contributed by atoms with Crippen LogP contribution in [0.3, 0.4) is 0 Å². The summed E-state index contributed by atoms with van der Waals surface area (Å²) in [6.45, 7) is 4.20. The summed E-state index contributed by atoms with van der Waals surface area (Å²) >= 11 is 6.36. The third-order valence-corrected chi connectivity index (χ3v) is 5.82. The predicted octanol–water partition coefficient (Wildman–Crippen LogP) is 4.64. The topological polar surface area (TPSA) is 66.8 Å². The van der Waals surface area contributed by atoms with Gasteiger partial charge in [-0.15, -0.1) is 0 Å². The van der Waals surface area contributed by atoms with Crippen molar-refractivity contribution in [2.24, 2.45) is 0 Å². The van der Waals surface area contributed by atoms with Crippen molar-refractivity contribution in [2.75, 3.05) is 0 Å². The van der Waals surface area contributed by atoms with E-state index >= 15 is 0 Å². The number of hydrogen-bond donors (Lipinski definition) is 1. The number of benzene rings is 2. The van der Waals surface area contributed by atoms with E-state index in [1.165, 1.54) is 10.5 Å². The van der Waals surface area contributed by atoms with Crippen molar-refractivity contribution in [3.8, 4) is 5.75 Å². The molecule has 0 saturated carbocycles. The second kappa shape index (κ2) is 9.24. The van der Waals surface area contributed by atoms with E-state index in [4.69, 9.17) is 17.0 Å². The Kier molecular flexibility index (Phi) is 6.71. The van der Waals surface area contributed by atoms with Gasteiger partial charge < -0.3 is 9.84 Å². The molecule has 1 atom stereocenters. The van der Waals surface area contributed by atoms with Crippen LogP contribution in [0.25, 0.3) is 6.08 Å². The lowest BCUT2D eigenvalue weighted by atomic mass is 10.1. The van der Waals surface area contributed by atoms with Crippen LogP contribution in [0.4, 0.5) is 0 Å². The van der Waals surface area contributed by atoms with Crippen molar-refractivity contribution in [1.29, 1.82) is 0 Å². The van der Waals surface area contributed by atoms with E-state index in [1.54, 1.807) is 13.0 Å². The van der Waals surface area contributed by atoms with Crippen LogP contribution in [0.15, 0.2) is 53.4 Å². The fraction of sp³-hybridized carbons (Fsp3) is 0.227. The van der Waals surface area contributed by atoms with E-state index in [1.807, 2.05) is 55.5 Å². The van der Waals surface area contributed by atoms with Gasteiger partial charge in [-0.2, -0.15) is 0 Å². The maximum atomic E-state index is 12.7. The lowest BCUT2D eigenvalue weighted by Crippen LogP contribution is -2.43. The van der Waals surface area contributed by atoms with Crippen LogP contribution in [0.2, 0.25) is 0 Å². The number of ether oxygens (including phenoxy) is 1. The fourth-order valence-electron chi connectivity index (χ4n) is 2.91. The molecule has 2 aromatic carbocycles. The van der Waals surface area contributed by atoms with Crippen molar-refractivity contribution >= 4 is 46.3 Å². The zero-order chi connectivity index (χ0) is 21.0. The van der Waals surface area contributed by atoms with Crippen LogP contribution in [0, 0.1) is 6.92 Å². The molecule has 0 aliphatic carbocycles. The molecule has 0 radical (unpaired) electrons. The number of carboxylic acids is 1. The molecule has 1 aliphatic heterocycles. The highest BCUT2D eigenvalue weighted by molar-refractivity contribution is 8.26. The largest absolute Gasteiger partial charge is 0.489 e. The lowest BCUT2D eigenvalue weighted by Gasteiger charge is -2.21. The van der Waals surface area contributed by atoms with Crippen molar-refractivity contribution in [3.63, 3.8) is 0 Å². The molecule has 5 nitrogen and oxygen atoms in total. The standard InChI is InChI=1S/C22H21NO4S2/c1-3-18(21(25)26)23-20(24)19(29-22(23)28)12-16-5-4-6-17(11-16)27-13-15-9-7-14(2)8-10-15/h4-12,18H,3,13H2,1-2H3,(H,25,26)/b19-12+/t18-/m1/s1. The van der Waals surface area contributed by atoms with E-state index in [-0.39, 0.29) is 16.6 Å². The number of thioether (sulfide) groups is 1. The molecule has 1 aliphatic rings. The highest BCUT2D eigenvalue weighted by Crippen LogP contribution is 2.35. The first-order valence-electron chi connectivity index (χ1n) is 9.17. The first kappa shape index (κ1) is 21.1. The Bertz CT molecular complexity index is 969. The number of thiocarbonyl (C=S) groups is 1. The summed E-state index contributed by atoms with van der Waals surface area (Å²) in [6, 6.07) is 14.6. The van der Waals surface area contributed by atoms with Crippen LogP contribution in [0.1, 0.15) is 30.0 Å². The number of nitrogens with zero attached hydrogens (tertiary/aromatic N) is 1. The van der Waals surface area contributed by atoms with Gasteiger partial charge >= 0.3 is 5.97 Å². The zero-order valence-electron chi connectivity index (χ0n) is 16.1. The Balaban J connectivity index is 1.74. The molecule has 1 amide bonds. The molecule has 7 heteroatoms. The Morgan fingerprint density at radius 1 is 1.28 bits per heavy atom. The van der Waals surface area contributed by atoms with Gasteiger partial charge in [0.2, 0.25) is 0 Å². The second-order valence-electron chi connectivity index (χ2n) is 6.66. The van der Waals surface area contributed by atoms with Gasteiger partial charge in [0, 0.05) is 0 Å². The molecule has 1 heterocycles. The quantitative estimate of drug-likeness (QED) is 0.513. The lowest BCUT2D eigenvalue weighted by molar-refractivity contribution is -0.145. The molecular weight excluding hydrogens is 406 g/mol. The molecule has 29 heavy (non-hydrogen) atoms. The average Bonchev–Trinajstić information content (AvgIpc) is 2.96. The summed E-state index contributed by atoms with van der Waals surface area (Å²) in [4.78, 5) is 25.7. The Morgan fingerprint density at radius 3 is 2.66 bits per heavy atom. The van der Waals surface area contributed by atoms with Gasteiger partial charge in [0.1, 0.15) is 22.7 Å². The first-order valence-corrected chi connectivity index (χ1v) is 10.4. The predicted molar refractivity (Wildman–Crippen MR) is 119 cm³/mol. The number of rotatable bonds is 7. The van der Waals surface area contributed by atoms with E-state index in [2.05, 4.69) is 0 Å². The van der Waals surface area contributed by atoms with Gasteiger partial charge in [0.25, 0.3) is 5.91 Å². The van der Waals surface area contributed by atoms with Gasteiger partial charge in [-0.25, -0.2) is 4.79 Å². The summed E-state index contributed by atoms with van der Waals surface area (Å²) in [5, 5.41) is 9.35. The van der Waals surface area contributed by atoms with Gasteiger partial charge in [0.05, 0.1) is 4.91 Å². The minimum absolute atomic E-state index is 0.266. The van der Waals surface area contributed by atoms with Crippen LogP contribution >= 0.6 is 24.0 Å². The number of hydrogen-bond acceptors (Lipinski definition) is 5. The molecule has 2 aromatic rings. The molecule has 1 fully saturated rings. The van der Waals surface area contributed by atoms with Crippen LogP contribution in [0.5, 0.6) is 5.75 Å². The van der Waals surface area contributed by atoms with Gasteiger partial charge in [-0.3, -0.25) is 9.69 Å². The molecule has 1 N–H and O–H groups in total. The molecular formula is C22H21NO4S2. The van der Waals surface area contributed by atoms with E-state index in [0.717, 1.165) is 22.9 Å². The molecule has 0 bridgehead atoms. The molecule has 0 unspecified atom stereocenters. The Labute approximate surface area is 179 Å². The van der Waals surface area contributed by atoms with Crippen LogP contribution in [-0.2, 0) is 16.2 Å². The number of carbonyl (C=O) groups is 2. The summed E-state index contributed by atoms with van der Waals surface area (Å²) in [6.07, 6.45) is 2.00. The third kappa shape index (κ3) is 5.05. The maximum Gasteiger partial charge on any atom is 0.326 e. The third-order valence-electron chi connectivity index (χ3n) is 4.49. The smallest absolute Gasteiger partial charge is 0.326 e. The Hall–Kier alpha value is -2.64. The monoisotopic (exact) mass is 427 g/mol. The number of aryl methyl sites for hydroxylation is 1. The van der Waals surface area contributed by atoms with Crippen molar-refractivity contribution in [2.45, 2.75) is 32.9 Å². The summed E-state index contributed by atoms with van der Waals surface area (Å²) in [5.41, 5.74) is 3.05. The minimum Gasteiger partial charge on any atom is -0.489 e. The number of aliphatic carboxylic acids is 1. The van der Waals surface area contributed by atoms with Gasteiger partial charge in [0.15, 0.2) is 0 Å². The zero-order valence-corrected chi connectivity index (χ0v) is 17.8. The van der Waals surface area contributed by atoms with E-state index in [0.29, 0.717) is 17.3 Å². The van der Waals surface area contributed by atoms with Crippen molar-refractivity contribution in [1.82, 2.24) is 4.90 Å². The molecule has 0 spiro atoms. The average molecular weight is 428 g/mol. The van der Waals surface area contributed by atoms with Crippen LogP contribution < -0.4 is 4.74 Å². The number of carbonyl (C=O) groups excluding carboxylic acids is 1. The fourth-order valence-corrected chi connectivity index (χ4v) is 4.27. The number of amides is 1. The van der Waals surface area contributed by atoms with Crippen LogP contribution in [-0.4, -0.2) is 32.2 Å². The highest BCUT2D eigenvalue weighted by atomic mass is 32.2. The highest BCUT2D eigenvalue weighted by Gasteiger charge is 2.39. The summed E-state index contributed by atoms with van der Waals surface area (Å²) in [7, 11) is 0. The summed E-state index contributed by atoms with van der Waals surface area (Å²) < 4.78 is 6.12. The molecule has 1 saturated heterocycles. The minimum atomic E-state index is -1.06.